The van der Waals surface area contributed by atoms with Crippen LogP contribution in [0.25, 0.3) is 0 Å². The Balaban J connectivity index is 2.16. The van der Waals surface area contributed by atoms with Crippen LogP contribution >= 0.6 is 15.9 Å². The Morgan fingerprint density at radius 2 is 1.92 bits per heavy atom. The summed E-state index contributed by atoms with van der Waals surface area (Å²) < 4.78 is 5.17. The third-order valence-electron chi connectivity index (χ3n) is 1.67. The van der Waals surface area contributed by atoms with Crippen LogP contribution in [0, 0.1) is 0 Å². The fourth-order valence-electron chi connectivity index (χ4n) is 1.08. The standard InChI is InChI=1S/C10H13BrO/c11-9-12-8-4-7-10-5-2-1-3-6-10/h1-3,5-6H,4,7-9H2. The molecule has 0 N–H and O–H groups in total. The van der Waals surface area contributed by atoms with Crippen molar-refractivity contribution in [2.24, 2.45) is 0 Å². The second-order valence-corrected chi connectivity index (χ2v) is 3.06. The maximum atomic E-state index is 5.17. The highest BCUT2D eigenvalue weighted by molar-refractivity contribution is 9.09. The molecule has 0 aliphatic heterocycles. The first-order valence-corrected chi connectivity index (χ1v) is 5.23. The molecule has 66 valence electrons. The van der Waals surface area contributed by atoms with Crippen molar-refractivity contribution in [1.29, 1.82) is 0 Å². The van der Waals surface area contributed by atoms with E-state index >= 15 is 0 Å². The van der Waals surface area contributed by atoms with Gasteiger partial charge in [-0.15, -0.1) is 0 Å². The third-order valence-corrected chi connectivity index (χ3v) is 2.00. The van der Waals surface area contributed by atoms with Gasteiger partial charge in [-0.25, -0.2) is 0 Å². The Labute approximate surface area is 81.9 Å². The largest absolute Gasteiger partial charge is 0.370 e. The predicted octanol–water partition coefficient (Wildman–Crippen LogP) is 2.99. The molecule has 0 unspecified atom stereocenters. The second-order valence-electron chi connectivity index (χ2n) is 2.61. The summed E-state index contributed by atoms with van der Waals surface area (Å²) in [6.45, 7) is 0.833. The summed E-state index contributed by atoms with van der Waals surface area (Å²) in [7, 11) is 0. The number of ether oxygens (including phenoxy) is 1. The Kier molecular flexibility index (Phi) is 5.04. The second kappa shape index (κ2) is 6.21. The third kappa shape index (κ3) is 3.88. The lowest BCUT2D eigenvalue weighted by atomic mass is 10.1. The molecular formula is C10H13BrO. The molecule has 0 saturated heterocycles. The van der Waals surface area contributed by atoms with Crippen LogP contribution in [0.5, 0.6) is 0 Å². The number of rotatable bonds is 5. The van der Waals surface area contributed by atoms with E-state index < -0.39 is 0 Å². The molecule has 0 aliphatic rings. The molecule has 1 aromatic carbocycles. The molecule has 0 fully saturated rings. The smallest absolute Gasteiger partial charge is 0.101 e. The van der Waals surface area contributed by atoms with Crippen LogP contribution in [0.2, 0.25) is 0 Å². The summed E-state index contributed by atoms with van der Waals surface area (Å²) in [5.74, 6) is 0. The highest BCUT2D eigenvalue weighted by Gasteiger charge is 1.90. The zero-order chi connectivity index (χ0) is 8.65. The van der Waals surface area contributed by atoms with E-state index in [-0.39, 0.29) is 0 Å². The molecule has 2 heteroatoms. The molecule has 1 rings (SSSR count). The van der Waals surface area contributed by atoms with Gasteiger partial charge in [0.05, 0.1) is 0 Å². The average molecular weight is 229 g/mol. The molecule has 1 nitrogen and oxygen atoms in total. The molecule has 0 saturated carbocycles. The van der Waals surface area contributed by atoms with Gasteiger partial charge in [-0.1, -0.05) is 46.3 Å². The highest BCUT2D eigenvalue weighted by atomic mass is 79.9. The van der Waals surface area contributed by atoms with E-state index in [0.717, 1.165) is 19.4 Å². The number of alkyl halides is 1. The van der Waals surface area contributed by atoms with Gasteiger partial charge in [0, 0.05) is 6.61 Å². The zero-order valence-electron chi connectivity index (χ0n) is 7.00. The first kappa shape index (κ1) is 9.75. The Morgan fingerprint density at radius 3 is 2.58 bits per heavy atom. The van der Waals surface area contributed by atoms with Crippen LogP contribution < -0.4 is 0 Å². The monoisotopic (exact) mass is 228 g/mol. The number of hydrogen-bond acceptors (Lipinski definition) is 1. The molecule has 0 radical (unpaired) electrons. The first-order valence-electron chi connectivity index (χ1n) is 4.11. The maximum Gasteiger partial charge on any atom is 0.101 e. The van der Waals surface area contributed by atoms with E-state index in [1.165, 1.54) is 5.56 Å². The van der Waals surface area contributed by atoms with Crippen LogP contribution in [-0.2, 0) is 11.2 Å². The Bertz CT molecular complexity index is 198. The quantitative estimate of drug-likeness (QED) is 0.557. The first-order chi connectivity index (χ1) is 5.93. The molecule has 0 amide bonds. The van der Waals surface area contributed by atoms with Crippen molar-refractivity contribution in [2.45, 2.75) is 12.8 Å². The fraction of sp³-hybridized carbons (Fsp3) is 0.400. The van der Waals surface area contributed by atoms with Gasteiger partial charge in [0.1, 0.15) is 5.52 Å². The molecule has 0 heterocycles. The van der Waals surface area contributed by atoms with Crippen LogP contribution in [-0.4, -0.2) is 12.1 Å². The van der Waals surface area contributed by atoms with E-state index in [1.807, 2.05) is 6.07 Å². The van der Waals surface area contributed by atoms with Gasteiger partial charge in [0.15, 0.2) is 0 Å². The fourth-order valence-corrected chi connectivity index (χ4v) is 1.31. The van der Waals surface area contributed by atoms with E-state index in [9.17, 15) is 0 Å². The van der Waals surface area contributed by atoms with Crippen LogP contribution in [0.1, 0.15) is 12.0 Å². The summed E-state index contributed by atoms with van der Waals surface area (Å²) in [4.78, 5) is 0. The van der Waals surface area contributed by atoms with Gasteiger partial charge in [-0.2, -0.15) is 0 Å². The lowest BCUT2D eigenvalue weighted by Crippen LogP contribution is -1.94. The van der Waals surface area contributed by atoms with Crippen molar-refractivity contribution in [3.05, 3.63) is 35.9 Å². The number of halogens is 1. The number of aryl methyl sites for hydroxylation is 1. The predicted molar refractivity (Wildman–Crippen MR) is 54.5 cm³/mol. The lowest BCUT2D eigenvalue weighted by molar-refractivity contribution is 0.183. The van der Waals surface area contributed by atoms with Crippen molar-refractivity contribution in [3.8, 4) is 0 Å². The highest BCUT2D eigenvalue weighted by Crippen LogP contribution is 2.02. The van der Waals surface area contributed by atoms with E-state index in [4.69, 9.17) is 4.74 Å². The molecule has 0 bridgehead atoms. The summed E-state index contributed by atoms with van der Waals surface area (Å²) in [5, 5.41) is 0. The SMILES string of the molecule is BrCOCCCc1ccccc1. The summed E-state index contributed by atoms with van der Waals surface area (Å²) in [6.07, 6.45) is 2.20. The van der Waals surface area contributed by atoms with Crippen LogP contribution in [0.4, 0.5) is 0 Å². The minimum Gasteiger partial charge on any atom is -0.370 e. The van der Waals surface area contributed by atoms with Gasteiger partial charge in [0.2, 0.25) is 0 Å². The van der Waals surface area contributed by atoms with Crippen LogP contribution in [0.3, 0.4) is 0 Å². The van der Waals surface area contributed by atoms with Crippen molar-refractivity contribution < 1.29 is 4.74 Å². The molecule has 1 aromatic rings. The minimum absolute atomic E-state index is 0.641. The van der Waals surface area contributed by atoms with Gasteiger partial charge in [-0.3, -0.25) is 0 Å². The summed E-state index contributed by atoms with van der Waals surface area (Å²) >= 11 is 3.21. The van der Waals surface area contributed by atoms with E-state index in [1.54, 1.807) is 0 Å². The van der Waals surface area contributed by atoms with Gasteiger partial charge in [0.25, 0.3) is 0 Å². The lowest BCUT2D eigenvalue weighted by Gasteiger charge is -2.00. The molecule has 0 atom stereocenters. The summed E-state index contributed by atoms with van der Waals surface area (Å²) in [5.41, 5.74) is 2.03. The molecule has 12 heavy (non-hydrogen) atoms. The molecule has 0 aliphatic carbocycles. The van der Waals surface area contributed by atoms with Crippen molar-refractivity contribution in [3.63, 3.8) is 0 Å². The van der Waals surface area contributed by atoms with Crippen molar-refractivity contribution >= 4 is 15.9 Å². The topological polar surface area (TPSA) is 9.23 Å². The number of hydrogen-bond donors (Lipinski definition) is 0. The van der Waals surface area contributed by atoms with Crippen molar-refractivity contribution in [1.82, 2.24) is 0 Å². The minimum atomic E-state index is 0.641. The van der Waals surface area contributed by atoms with E-state index in [2.05, 4.69) is 40.2 Å². The zero-order valence-corrected chi connectivity index (χ0v) is 8.59. The normalized spacial score (nSPS) is 10.1. The molecule has 0 spiro atoms. The number of benzene rings is 1. The molecular weight excluding hydrogens is 216 g/mol. The van der Waals surface area contributed by atoms with Gasteiger partial charge in [-0.05, 0) is 18.4 Å². The average Bonchev–Trinajstić information content (AvgIpc) is 2.14. The van der Waals surface area contributed by atoms with Crippen LogP contribution in [0.15, 0.2) is 30.3 Å². The summed E-state index contributed by atoms with van der Waals surface area (Å²) in [6, 6.07) is 10.5. The Morgan fingerprint density at radius 1 is 1.17 bits per heavy atom. The van der Waals surface area contributed by atoms with E-state index in [0.29, 0.717) is 5.52 Å². The van der Waals surface area contributed by atoms with Gasteiger partial charge < -0.3 is 4.74 Å². The molecule has 0 aromatic heterocycles. The van der Waals surface area contributed by atoms with Gasteiger partial charge >= 0.3 is 0 Å². The maximum absolute atomic E-state index is 5.17. The Hall–Kier alpha value is -0.340. The van der Waals surface area contributed by atoms with Crippen molar-refractivity contribution in [2.75, 3.05) is 12.1 Å².